The van der Waals surface area contributed by atoms with Crippen LogP contribution < -0.4 is 14.2 Å². The number of methoxy groups -OCH3 is 2. The predicted octanol–water partition coefficient (Wildman–Crippen LogP) is 2.49. The third kappa shape index (κ3) is 3.78. The van der Waals surface area contributed by atoms with Gasteiger partial charge in [-0.05, 0) is 37.3 Å². The monoisotopic (exact) mass is 321 g/mol. The molecule has 2 rings (SSSR count). The van der Waals surface area contributed by atoms with Crippen molar-refractivity contribution in [2.45, 2.75) is 18.4 Å². The van der Waals surface area contributed by atoms with Crippen molar-refractivity contribution >= 4 is 10.0 Å². The van der Waals surface area contributed by atoms with E-state index in [1.54, 1.807) is 19.2 Å². The number of benzene rings is 2. The first-order valence-corrected chi connectivity index (χ1v) is 8.22. The molecule has 0 aliphatic heterocycles. The molecule has 6 heteroatoms. The number of aryl methyl sites for hydroxylation is 1. The summed E-state index contributed by atoms with van der Waals surface area (Å²) < 4.78 is 37.4. The average molecular weight is 321 g/mol. The van der Waals surface area contributed by atoms with Crippen LogP contribution in [0.2, 0.25) is 0 Å². The molecular formula is C16H19NO4S. The maximum absolute atomic E-state index is 12.3. The summed E-state index contributed by atoms with van der Waals surface area (Å²) in [6.07, 6.45) is 0. The van der Waals surface area contributed by atoms with Crippen LogP contribution in [-0.2, 0) is 16.6 Å². The van der Waals surface area contributed by atoms with Crippen LogP contribution in [-0.4, -0.2) is 22.6 Å². The van der Waals surface area contributed by atoms with Gasteiger partial charge in [0.1, 0.15) is 11.5 Å². The maximum Gasteiger partial charge on any atom is 0.240 e. The van der Waals surface area contributed by atoms with Crippen molar-refractivity contribution in [1.82, 2.24) is 4.72 Å². The number of sulfonamides is 1. The molecule has 0 unspecified atom stereocenters. The highest BCUT2D eigenvalue weighted by Gasteiger charge is 2.15. The Kier molecular flexibility index (Phi) is 5.05. The van der Waals surface area contributed by atoms with Crippen LogP contribution in [0, 0.1) is 6.92 Å². The van der Waals surface area contributed by atoms with E-state index < -0.39 is 10.0 Å². The molecule has 0 aromatic heterocycles. The Morgan fingerprint density at radius 3 is 2.27 bits per heavy atom. The van der Waals surface area contributed by atoms with Crippen molar-refractivity contribution < 1.29 is 17.9 Å². The van der Waals surface area contributed by atoms with E-state index in [1.807, 2.05) is 25.1 Å². The van der Waals surface area contributed by atoms with Gasteiger partial charge in [0.05, 0.1) is 19.1 Å². The molecule has 0 amide bonds. The number of hydrogen-bond donors (Lipinski definition) is 1. The molecule has 0 saturated carbocycles. The summed E-state index contributed by atoms with van der Waals surface area (Å²) in [5.41, 5.74) is 1.83. The Hall–Kier alpha value is -2.05. The number of nitrogens with one attached hydrogen (secondary N) is 1. The molecule has 22 heavy (non-hydrogen) atoms. The summed E-state index contributed by atoms with van der Waals surface area (Å²) in [5, 5.41) is 0. The molecule has 0 radical (unpaired) electrons. The van der Waals surface area contributed by atoms with Crippen molar-refractivity contribution in [3.8, 4) is 11.5 Å². The van der Waals surface area contributed by atoms with E-state index in [2.05, 4.69) is 4.72 Å². The van der Waals surface area contributed by atoms with Crippen molar-refractivity contribution in [2.75, 3.05) is 14.2 Å². The Morgan fingerprint density at radius 2 is 1.68 bits per heavy atom. The van der Waals surface area contributed by atoms with Gasteiger partial charge in [-0.3, -0.25) is 0 Å². The van der Waals surface area contributed by atoms with E-state index in [1.165, 1.54) is 19.2 Å². The zero-order valence-electron chi connectivity index (χ0n) is 12.8. The van der Waals surface area contributed by atoms with Gasteiger partial charge in [-0.1, -0.05) is 17.7 Å². The summed E-state index contributed by atoms with van der Waals surface area (Å²) >= 11 is 0. The largest absolute Gasteiger partial charge is 0.497 e. The summed E-state index contributed by atoms with van der Waals surface area (Å²) in [6.45, 7) is 2.11. The molecule has 0 saturated heterocycles. The van der Waals surface area contributed by atoms with E-state index in [0.29, 0.717) is 11.5 Å². The lowest BCUT2D eigenvalue weighted by Gasteiger charge is -2.11. The SMILES string of the molecule is COc1ccc(S(=O)(=O)NCc2cc(C)ccc2OC)cc1. The third-order valence-corrected chi connectivity index (χ3v) is 4.68. The van der Waals surface area contributed by atoms with Crippen LogP contribution in [0.15, 0.2) is 47.4 Å². The molecule has 5 nitrogen and oxygen atoms in total. The predicted molar refractivity (Wildman–Crippen MR) is 84.8 cm³/mol. The lowest BCUT2D eigenvalue weighted by molar-refractivity contribution is 0.409. The van der Waals surface area contributed by atoms with Crippen LogP contribution >= 0.6 is 0 Å². The second-order valence-corrected chi connectivity index (χ2v) is 6.58. The highest BCUT2D eigenvalue weighted by molar-refractivity contribution is 7.89. The van der Waals surface area contributed by atoms with Gasteiger partial charge < -0.3 is 9.47 Å². The standard InChI is InChI=1S/C16H19NO4S/c1-12-4-9-16(21-3)13(10-12)11-17-22(18,19)15-7-5-14(20-2)6-8-15/h4-10,17H,11H2,1-3H3. The molecule has 0 aliphatic carbocycles. The van der Waals surface area contributed by atoms with Crippen molar-refractivity contribution in [3.63, 3.8) is 0 Å². The fourth-order valence-electron chi connectivity index (χ4n) is 2.06. The molecule has 0 atom stereocenters. The first-order chi connectivity index (χ1) is 10.5. The lowest BCUT2D eigenvalue weighted by Crippen LogP contribution is -2.23. The van der Waals surface area contributed by atoms with Gasteiger partial charge in [0, 0.05) is 12.1 Å². The second-order valence-electron chi connectivity index (χ2n) is 4.82. The Bertz CT molecular complexity index is 739. The van der Waals surface area contributed by atoms with E-state index in [4.69, 9.17) is 9.47 Å². The van der Waals surface area contributed by atoms with Gasteiger partial charge in [0.2, 0.25) is 10.0 Å². The minimum absolute atomic E-state index is 0.166. The molecule has 1 N–H and O–H groups in total. The molecular weight excluding hydrogens is 302 g/mol. The van der Waals surface area contributed by atoms with E-state index in [-0.39, 0.29) is 11.4 Å². The first-order valence-electron chi connectivity index (χ1n) is 6.73. The van der Waals surface area contributed by atoms with Crippen molar-refractivity contribution in [3.05, 3.63) is 53.6 Å². The molecule has 0 aliphatic rings. The molecule has 0 heterocycles. The average Bonchev–Trinajstić information content (AvgIpc) is 2.53. The molecule has 2 aromatic rings. The summed E-state index contributed by atoms with van der Waals surface area (Å²) in [6, 6.07) is 11.9. The highest BCUT2D eigenvalue weighted by atomic mass is 32.2. The quantitative estimate of drug-likeness (QED) is 0.888. The smallest absolute Gasteiger partial charge is 0.240 e. The highest BCUT2D eigenvalue weighted by Crippen LogP contribution is 2.21. The number of ether oxygens (including phenoxy) is 2. The van der Waals surface area contributed by atoms with Crippen LogP contribution in [0.4, 0.5) is 0 Å². The van der Waals surface area contributed by atoms with Gasteiger partial charge in [-0.2, -0.15) is 0 Å². The number of rotatable bonds is 6. The first kappa shape index (κ1) is 16.3. The van der Waals surface area contributed by atoms with Gasteiger partial charge >= 0.3 is 0 Å². The Labute approximate surface area is 130 Å². The molecule has 118 valence electrons. The molecule has 2 aromatic carbocycles. The summed E-state index contributed by atoms with van der Waals surface area (Å²) in [7, 11) is -0.487. The van der Waals surface area contributed by atoms with Crippen LogP contribution in [0.1, 0.15) is 11.1 Å². The zero-order chi connectivity index (χ0) is 16.2. The molecule has 0 bridgehead atoms. The van der Waals surface area contributed by atoms with Crippen molar-refractivity contribution in [2.24, 2.45) is 0 Å². The Balaban J connectivity index is 2.17. The topological polar surface area (TPSA) is 64.6 Å². The summed E-state index contributed by atoms with van der Waals surface area (Å²) in [5.74, 6) is 1.27. The zero-order valence-corrected chi connectivity index (χ0v) is 13.6. The van der Waals surface area contributed by atoms with E-state index in [0.717, 1.165) is 11.1 Å². The van der Waals surface area contributed by atoms with Gasteiger partial charge in [-0.15, -0.1) is 0 Å². The second kappa shape index (κ2) is 6.81. The third-order valence-electron chi connectivity index (χ3n) is 3.26. The molecule has 0 spiro atoms. The lowest BCUT2D eigenvalue weighted by atomic mass is 10.1. The van der Waals surface area contributed by atoms with E-state index in [9.17, 15) is 8.42 Å². The Morgan fingerprint density at radius 1 is 1.00 bits per heavy atom. The minimum Gasteiger partial charge on any atom is -0.497 e. The minimum atomic E-state index is -3.58. The van der Waals surface area contributed by atoms with Gasteiger partial charge in [0.25, 0.3) is 0 Å². The van der Waals surface area contributed by atoms with E-state index >= 15 is 0 Å². The fraction of sp³-hybridized carbons (Fsp3) is 0.250. The van der Waals surface area contributed by atoms with Crippen molar-refractivity contribution in [1.29, 1.82) is 0 Å². The number of hydrogen-bond acceptors (Lipinski definition) is 4. The maximum atomic E-state index is 12.3. The normalized spacial score (nSPS) is 11.2. The van der Waals surface area contributed by atoms with Gasteiger partial charge in [-0.25, -0.2) is 13.1 Å². The van der Waals surface area contributed by atoms with Crippen LogP contribution in [0.3, 0.4) is 0 Å². The molecule has 0 fully saturated rings. The van der Waals surface area contributed by atoms with Crippen LogP contribution in [0.25, 0.3) is 0 Å². The van der Waals surface area contributed by atoms with Gasteiger partial charge in [0.15, 0.2) is 0 Å². The fourth-order valence-corrected chi connectivity index (χ4v) is 3.06. The summed E-state index contributed by atoms with van der Waals surface area (Å²) in [4.78, 5) is 0.194. The van der Waals surface area contributed by atoms with Crippen LogP contribution in [0.5, 0.6) is 11.5 Å².